The fraction of sp³-hybridized carbons (Fsp3) is 0.250. The number of nitrogens with zero attached hydrogens (tertiary/aromatic N) is 3. The van der Waals surface area contributed by atoms with Crippen LogP contribution in [0.25, 0.3) is 11.1 Å². The first-order valence-electron chi connectivity index (χ1n) is 10.2. The molecule has 32 heavy (non-hydrogen) atoms. The van der Waals surface area contributed by atoms with Gasteiger partial charge >= 0.3 is 0 Å². The second-order valence-corrected chi connectivity index (χ2v) is 8.42. The van der Waals surface area contributed by atoms with Crippen molar-refractivity contribution in [1.29, 1.82) is 0 Å². The van der Waals surface area contributed by atoms with Gasteiger partial charge < -0.3 is 14.5 Å². The summed E-state index contributed by atoms with van der Waals surface area (Å²) < 4.78 is 11.6. The third-order valence-electron chi connectivity index (χ3n) is 5.43. The molecule has 1 unspecified atom stereocenters. The highest BCUT2D eigenvalue weighted by molar-refractivity contribution is 6.30. The Morgan fingerprint density at radius 3 is 2.66 bits per heavy atom. The SMILES string of the molecule is COc1cnc(Cl)cc1-c1cc(C)ncc1C/C=C1/COC(c2ccc(Cl)cc2)CN1N. The summed E-state index contributed by atoms with van der Waals surface area (Å²) in [7, 11) is 1.62. The molecule has 1 atom stereocenters. The first-order chi connectivity index (χ1) is 15.4. The number of methoxy groups -OCH3 is 1. The molecule has 3 heterocycles. The Morgan fingerprint density at radius 1 is 1.16 bits per heavy atom. The second kappa shape index (κ2) is 9.88. The summed E-state index contributed by atoms with van der Waals surface area (Å²) in [5, 5.41) is 2.85. The van der Waals surface area contributed by atoms with E-state index in [0.29, 0.717) is 35.5 Å². The molecule has 0 radical (unpaired) electrons. The predicted octanol–water partition coefficient (Wildman–Crippen LogP) is 5.14. The van der Waals surface area contributed by atoms with E-state index < -0.39 is 0 Å². The molecule has 0 spiro atoms. The second-order valence-electron chi connectivity index (χ2n) is 7.59. The Morgan fingerprint density at radius 2 is 1.94 bits per heavy atom. The van der Waals surface area contributed by atoms with Crippen molar-refractivity contribution in [2.45, 2.75) is 19.4 Å². The minimum absolute atomic E-state index is 0.103. The first kappa shape index (κ1) is 22.6. The van der Waals surface area contributed by atoms with Crippen molar-refractivity contribution in [1.82, 2.24) is 15.0 Å². The van der Waals surface area contributed by atoms with Crippen LogP contribution in [0.15, 0.2) is 60.6 Å². The molecule has 1 fully saturated rings. The fourth-order valence-corrected chi connectivity index (χ4v) is 3.98. The monoisotopic (exact) mass is 470 g/mol. The number of hydrogen-bond donors (Lipinski definition) is 1. The highest BCUT2D eigenvalue weighted by Gasteiger charge is 2.23. The summed E-state index contributed by atoms with van der Waals surface area (Å²) in [6.45, 7) is 2.93. The Bertz CT molecular complexity index is 1140. The van der Waals surface area contributed by atoms with Gasteiger partial charge in [-0.25, -0.2) is 10.8 Å². The number of hydrogen-bond acceptors (Lipinski definition) is 6. The fourth-order valence-electron chi connectivity index (χ4n) is 3.69. The number of rotatable bonds is 5. The van der Waals surface area contributed by atoms with E-state index in [1.807, 2.05) is 49.5 Å². The summed E-state index contributed by atoms with van der Waals surface area (Å²) in [4.78, 5) is 8.60. The van der Waals surface area contributed by atoms with Gasteiger partial charge in [-0.05, 0) is 54.3 Å². The van der Waals surface area contributed by atoms with E-state index in [-0.39, 0.29) is 6.10 Å². The largest absolute Gasteiger partial charge is 0.494 e. The van der Waals surface area contributed by atoms with Crippen LogP contribution in [-0.2, 0) is 11.2 Å². The molecule has 4 rings (SSSR count). The molecule has 0 bridgehead atoms. The number of benzene rings is 1. The minimum atomic E-state index is -0.103. The summed E-state index contributed by atoms with van der Waals surface area (Å²) in [6, 6.07) is 11.5. The minimum Gasteiger partial charge on any atom is -0.494 e. The molecule has 0 amide bonds. The summed E-state index contributed by atoms with van der Waals surface area (Å²) in [6.07, 6.45) is 6.10. The number of aryl methyl sites for hydroxylation is 1. The Hall–Kier alpha value is -2.64. The predicted molar refractivity (Wildman–Crippen MR) is 127 cm³/mol. The molecule has 3 aromatic rings. The summed E-state index contributed by atoms with van der Waals surface area (Å²) in [5.74, 6) is 6.99. The van der Waals surface area contributed by atoms with Gasteiger partial charge in [0.15, 0.2) is 0 Å². The zero-order chi connectivity index (χ0) is 22.7. The van der Waals surface area contributed by atoms with Crippen LogP contribution in [0.3, 0.4) is 0 Å². The third kappa shape index (κ3) is 5.05. The van der Waals surface area contributed by atoms with Crippen LogP contribution in [-0.4, -0.2) is 35.2 Å². The third-order valence-corrected chi connectivity index (χ3v) is 5.89. The quantitative estimate of drug-likeness (QED) is 0.410. The van der Waals surface area contributed by atoms with Crippen molar-refractivity contribution < 1.29 is 9.47 Å². The Kier molecular flexibility index (Phi) is 6.96. The lowest BCUT2D eigenvalue weighted by molar-refractivity contribution is -0.00195. The van der Waals surface area contributed by atoms with Gasteiger partial charge in [0.25, 0.3) is 0 Å². The Labute approximate surface area is 197 Å². The molecule has 166 valence electrons. The van der Waals surface area contributed by atoms with Gasteiger partial charge in [0.1, 0.15) is 17.0 Å². The maximum Gasteiger partial charge on any atom is 0.145 e. The number of hydrazine groups is 1. The van der Waals surface area contributed by atoms with E-state index in [9.17, 15) is 0 Å². The molecule has 1 aliphatic rings. The maximum absolute atomic E-state index is 6.34. The van der Waals surface area contributed by atoms with Gasteiger partial charge in [-0.2, -0.15) is 0 Å². The number of allylic oxidation sites excluding steroid dienone is 1. The maximum atomic E-state index is 6.34. The standard InChI is InChI=1S/C24H24Cl2N4O2/c1-15-9-20(21-10-24(26)29-12-22(21)31-2)17(11-28-15)5-8-19-14-32-23(13-30(19)27)16-3-6-18(25)7-4-16/h3-4,6-12,23H,5,13-14,27H2,1-2H3/b19-8-. The molecule has 2 aromatic heterocycles. The molecule has 2 N–H and O–H groups in total. The van der Waals surface area contributed by atoms with E-state index in [0.717, 1.165) is 33.6 Å². The number of ether oxygens (including phenoxy) is 2. The molecular formula is C24H24Cl2N4O2. The highest BCUT2D eigenvalue weighted by Crippen LogP contribution is 2.34. The topological polar surface area (TPSA) is 73.5 Å². The smallest absolute Gasteiger partial charge is 0.145 e. The van der Waals surface area contributed by atoms with E-state index in [4.69, 9.17) is 38.5 Å². The van der Waals surface area contributed by atoms with Crippen LogP contribution in [0.5, 0.6) is 5.75 Å². The van der Waals surface area contributed by atoms with Crippen LogP contribution in [0, 0.1) is 6.92 Å². The Balaban J connectivity index is 1.55. The number of pyridine rings is 2. The van der Waals surface area contributed by atoms with E-state index >= 15 is 0 Å². The van der Waals surface area contributed by atoms with Gasteiger partial charge in [0.05, 0.1) is 32.2 Å². The van der Waals surface area contributed by atoms with Gasteiger partial charge in [0, 0.05) is 22.5 Å². The molecular weight excluding hydrogens is 447 g/mol. The average Bonchev–Trinajstić information content (AvgIpc) is 2.79. The van der Waals surface area contributed by atoms with Gasteiger partial charge in [-0.1, -0.05) is 41.4 Å². The van der Waals surface area contributed by atoms with Crippen molar-refractivity contribution >= 4 is 23.2 Å². The molecule has 6 nitrogen and oxygen atoms in total. The number of nitrogens with two attached hydrogens (primary N) is 1. The van der Waals surface area contributed by atoms with Crippen molar-refractivity contribution in [3.63, 3.8) is 0 Å². The van der Waals surface area contributed by atoms with Crippen LogP contribution in [0.2, 0.25) is 10.2 Å². The number of morpholine rings is 1. The molecule has 8 heteroatoms. The van der Waals surface area contributed by atoms with Crippen molar-refractivity contribution in [2.75, 3.05) is 20.3 Å². The lowest BCUT2D eigenvalue weighted by atomic mass is 9.98. The van der Waals surface area contributed by atoms with E-state index in [2.05, 4.69) is 16.0 Å². The molecule has 1 aromatic carbocycles. The van der Waals surface area contributed by atoms with Gasteiger partial charge in [0.2, 0.25) is 0 Å². The number of aromatic nitrogens is 2. The van der Waals surface area contributed by atoms with Crippen molar-refractivity contribution in [3.8, 4) is 16.9 Å². The normalized spacial score (nSPS) is 17.6. The summed E-state index contributed by atoms with van der Waals surface area (Å²) >= 11 is 12.2. The molecule has 0 saturated carbocycles. The lowest BCUT2D eigenvalue weighted by Crippen LogP contribution is -2.41. The summed E-state index contributed by atoms with van der Waals surface area (Å²) in [5.41, 5.74) is 5.76. The number of halogens is 2. The van der Waals surface area contributed by atoms with Crippen molar-refractivity contribution in [2.24, 2.45) is 5.84 Å². The molecule has 1 saturated heterocycles. The van der Waals surface area contributed by atoms with Crippen LogP contribution in [0.4, 0.5) is 0 Å². The molecule has 0 aliphatic carbocycles. The highest BCUT2D eigenvalue weighted by atomic mass is 35.5. The zero-order valence-corrected chi connectivity index (χ0v) is 19.4. The van der Waals surface area contributed by atoms with Crippen molar-refractivity contribution in [3.05, 3.63) is 87.6 Å². The van der Waals surface area contributed by atoms with Crippen LogP contribution in [0.1, 0.15) is 22.9 Å². The van der Waals surface area contributed by atoms with Crippen LogP contribution < -0.4 is 10.6 Å². The first-order valence-corrected chi connectivity index (χ1v) is 10.9. The lowest BCUT2D eigenvalue weighted by Gasteiger charge is -2.33. The van der Waals surface area contributed by atoms with E-state index in [1.54, 1.807) is 18.3 Å². The van der Waals surface area contributed by atoms with Gasteiger partial charge in [-0.15, -0.1) is 0 Å². The van der Waals surface area contributed by atoms with Gasteiger partial charge in [-0.3, -0.25) is 4.98 Å². The van der Waals surface area contributed by atoms with Crippen LogP contribution >= 0.6 is 23.2 Å². The zero-order valence-electron chi connectivity index (χ0n) is 17.9. The molecule has 1 aliphatic heterocycles. The van der Waals surface area contributed by atoms with E-state index in [1.165, 1.54) is 0 Å². The average molecular weight is 471 g/mol.